The molecule has 0 aliphatic heterocycles. The number of rotatable bonds is 2. The van der Waals surface area contributed by atoms with E-state index in [9.17, 15) is 14.0 Å². The van der Waals surface area contributed by atoms with Gasteiger partial charge in [0.25, 0.3) is 0 Å². The number of imide groups is 1. The average Bonchev–Trinajstić information content (AvgIpc) is 2.85. The van der Waals surface area contributed by atoms with Crippen LogP contribution in [0.2, 0.25) is 5.15 Å². The van der Waals surface area contributed by atoms with Crippen LogP contribution in [0.1, 0.15) is 41.5 Å². The van der Waals surface area contributed by atoms with Gasteiger partial charge in [-0.15, -0.1) is 0 Å². The highest BCUT2D eigenvalue weighted by Gasteiger charge is 2.36. The standard InChI is InChI=1S/C18H21ClFN3O4S/c1-17(2,3)26-15(24)23(16(25)27-18(4,5)6)14-12(19)22-13(28-14)10-7-11(20)9-21-8-10/h7-9H,1-6H3. The maximum absolute atomic E-state index is 13.5. The quantitative estimate of drug-likeness (QED) is 0.611. The molecule has 2 heterocycles. The number of anilines is 1. The summed E-state index contributed by atoms with van der Waals surface area (Å²) >= 11 is 7.10. The summed E-state index contributed by atoms with van der Waals surface area (Å²) in [7, 11) is 0. The maximum atomic E-state index is 13.5. The zero-order valence-electron chi connectivity index (χ0n) is 16.4. The Hall–Kier alpha value is -2.26. The van der Waals surface area contributed by atoms with Crippen LogP contribution >= 0.6 is 22.9 Å². The third-order valence-electron chi connectivity index (χ3n) is 2.88. The molecule has 10 heteroatoms. The number of halogens is 2. The molecule has 0 aromatic carbocycles. The smallest absolute Gasteiger partial charge is 0.425 e. The van der Waals surface area contributed by atoms with Crippen LogP contribution in [0, 0.1) is 5.82 Å². The highest BCUT2D eigenvalue weighted by atomic mass is 35.5. The van der Waals surface area contributed by atoms with E-state index < -0.39 is 29.2 Å². The number of nitrogens with zero attached hydrogens (tertiary/aromatic N) is 3. The van der Waals surface area contributed by atoms with Crippen LogP contribution in [0.3, 0.4) is 0 Å². The molecule has 152 valence electrons. The number of aromatic nitrogens is 2. The van der Waals surface area contributed by atoms with Crippen LogP contribution in [-0.2, 0) is 9.47 Å². The lowest BCUT2D eigenvalue weighted by Gasteiger charge is -2.27. The van der Waals surface area contributed by atoms with Crippen LogP contribution < -0.4 is 4.90 Å². The topological polar surface area (TPSA) is 81.6 Å². The number of carbonyl (C=O) groups is 2. The maximum Gasteiger partial charge on any atom is 0.425 e. The minimum absolute atomic E-state index is 0.00410. The molecular weight excluding hydrogens is 409 g/mol. The van der Waals surface area contributed by atoms with Gasteiger partial charge in [-0.1, -0.05) is 22.9 Å². The monoisotopic (exact) mass is 429 g/mol. The van der Waals surface area contributed by atoms with Gasteiger partial charge in [-0.2, -0.15) is 4.90 Å². The zero-order valence-corrected chi connectivity index (χ0v) is 17.9. The Morgan fingerprint density at radius 2 is 1.61 bits per heavy atom. The first-order valence-electron chi connectivity index (χ1n) is 8.30. The van der Waals surface area contributed by atoms with Gasteiger partial charge in [0, 0.05) is 11.8 Å². The van der Waals surface area contributed by atoms with Gasteiger partial charge in [-0.25, -0.2) is 19.0 Å². The fraction of sp³-hybridized carbons (Fsp3) is 0.444. The highest BCUT2D eigenvalue weighted by Crippen LogP contribution is 2.39. The molecule has 2 rings (SSSR count). The van der Waals surface area contributed by atoms with E-state index >= 15 is 0 Å². The van der Waals surface area contributed by atoms with Crippen molar-refractivity contribution in [3.05, 3.63) is 29.4 Å². The van der Waals surface area contributed by atoms with E-state index in [2.05, 4.69) is 9.97 Å². The van der Waals surface area contributed by atoms with Crippen molar-refractivity contribution in [3.8, 4) is 10.6 Å². The molecular formula is C18H21ClFN3O4S. The summed E-state index contributed by atoms with van der Waals surface area (Å²) in [5.74, 6) is -0.554. The predicted molar refractivity (Wildman–Crippen MR) is 105 cm³/mol. The van der Waals surface area contributed by atoms with Crippen LogP contribution in [0.25, 0.3) is 10.6 Å². The Labute approximate surface area is 171 Å². The van der Waals surface area contributed by atoms with Gasteiger partial charge in [0.15, 0.2) is 10.2 Å². The molecule has 28 heavy (non-hydrogen) atoms. The largest absolute Gasteiger partial charge is 0.443 e. The summed E-state index contributed by atoms with van der Waals surface area (Å²) in [5.41, 5.74) is -1.36. The van der Waals surface area contributed by atoms with Crippen molar-refractivity contribution in [1.29, 1.82) is 0 Å². The highest BCUT2D eigenvalue weighted by molar-refractivity contribution is 7.20. The third kappa shape index (κ3) is 5.87. The Balaban J connectivity index is 2.48. The molecule has 0 radical (unpaired) electrons. The summed E-state index contributed by atoms with van der Waals surface area (Å²) < 4.78 is 24.1. The Bertz CT molecular complexity index is 862. The summed E-state index contributed by atoms with van der Waals surface area (Å²) in [6.07, 6.45) is 0.521. The van der Waals surface area contributed by atoms with E-state index in [1.807, 2.05) is 0 Å². The molecule has 7 nitrogen and oxygen atoms in total. The number of hydrogen-bond acceptors (Lipinski definition) is 7. The van der Waals surface area contributed by atoms with Crippen LogP contribution in [0.4, 0.5) is 19.0 Å². The van der Waals surface area contributed by atoms with Crippen molar-refractivity contribution in [2.75, 3.05) is 4.90 Å². The van der Waals surface area contributed by atoms with E-state index in [0.717, 1.165) is 17.5 Å². The summed E-state index contributed by atoms with van der Waals surface area (Å²) in [5, 5.41) is 0.162. The molecule has 0 atom stereocenters. The molecule has 2 aromatic rings. The lowest BCUT2D eigenvalue weighted by molar-refractivity contribution is 0.0432. The van der Waals surface area contributed by atoms with Gasteiger partial charge in [0.1, 0.15) is 22.0 Å². The number of amides is 2. The minimum Gasteiger partial charge on any atom is -0.443 e. The van der Waals surface area contributed by atoms with Gasteiger partial charge in [0.2, 0.25) is 0 Å². The number of carbonyl (C=O) groups excluding carboxylic acids is 2. The fourth-order valence-corrected chi connectivity index (χ4v) is 3.19. The van der Waals surface area contributed by atoms with E-state index in [1.165, 1.54) is 12.3 Å². The molecule has 0 fully saturated rings. The molecule has 0 unspecified atom stereocenters. The van der Waals surface area contributed by atoms with Crippen molar-refractivity contribution < 1.29 is 23.5 Å². The lowest BCUT2D eigenvalue weighted by atomic mass is 10.2. The normalized spacial score (nSPS) is 11.9. The lowest BCUT2D eigenvalue weighted by Crippen LogP contribution is -2.43. The average molecular weight is 430 g/mol. The Morgan fingerprint density at radius 1 is 1.07 bits per heavy atom. The molecule has 2 aromatic heterocycles. The first kappa shape index (κ1) is 22.0. The van der Waals surface area contributed by atoms with Gasteiger partial charge in [0.05, 0.1) is 6.20 Å². The second kappa shape index (κ2) is 8.00. The van der Waals surface area contributed by atoms with E-state index in [4.69, 9.17) is 21.1 Å². The Morgan fingerprint density at radius 3 is 2.07 bits per heavy atom. The first-order chi connectivity index (χ1) is 12.8. The second-order valence-corrected chi connectivity index (χ2v) is 9.14. The van der Waals surface area contributed by atoms with Crippen LogP contribution in [0.15, 0.2) is 18.5 Å². The molecule has 0 bridgehead atoms. The first-order valence-corrected chi connectivity index (χ1v) is 9.49. The van der Waals surface area contributed by atoms with E-state index in [-0.39, 0.29) is 15.2 Å². The molecule has 0 aliphatic carbocycles. The third-order valence-corrected chi connectivity index (χ3v) is 4.34. The summed E-state index contributed by atoms with van der Waals surface area (Å²) in [6.45, 7) is 9.98. The zero-order chi connectivity index (χ0) is 21.3. The molecule has 0 spiro atoms. The number of hydrogen-bond donors (Lipinski definition) is 0. The van der Waals surface area contributed by atoms with Crippen LogP contribution in [0.5, 0.6) is 0 Å². The molecule has 0 saturated heterocycles. The Kier molecular flexibility index (Phi) is 6.30. The summed E-state index contributed by atoms with van der Waals surface area (Å²) in [4.78, 5) is 34.0. The molecule has 0 aliphatic rings. The van der Waals surface area contributed by atoms with E-state index in [1.54, 1.807) is 41.5 Å². The molecule has 2 amide bonds. The predicted octanol–water partition coefficient (Wildman–Crippen LogP) is 5.67. The van der Waals surface area contributed by atoms with Gasteiger partial charge >= 0.3 is 12.2 Å². The van der Waals surface area contributed by atoms with Gasteiger partial charge in [-0.05, 0) is 47.6 Å². The number of pyridine rings is 1. The molecule has 0 N–H and O–H groups in total. The fourth-order valence-electron chi connectivity index (χ4n) is 1.94. The van der Waals surface area contributed by atoms with E-state index in [0.29, 0.717) is 10.5 Å². The van der Waals surface area contributed by atoms with Crippen molar-refractivity contribution in [2.24, 2.45) is 0 Å². The van der Waals surface area contributed by atoms with Crippen molar-refractivity contribution >= 4 is 40.1 Å². The van der Waals surface area contributed by atoms with Crippen molar-refractivity contribution in [2.45, 2.75) is 52.7 Å². The number of ether oxygens (including phenoxy) is 2. The van der Waals surface area contributed by atoms with Crippen molar-refractivity contribution in [3.63, 3.8) is 0 Å². The number of thiazole rings is 1. The van der Waals surface area contributed by atoms with Gasteiger partial charge < -0.3 is 9.47 Å². The van der Waals surface area contributed by atoms with Crippen molar-refractivity contribution in [1.82, 2.24) is 9.97 Å². The van der Waals surface area contributed by atoms with Crippen LogP contribution in [-0.4, -0.2) is 33.4 Å². The van der Waals surface area contributed by atoms with Gasteiger partial charge in [-0.3, -0.25) is 4.98 Å². The second-order valence-electron chi connectivity index (χ2n) is 7.80. The molecule has 0 saturated carbocycles. The summed E-state index contributed by atoms with van der Waals surface area (Å²) in [6, 6.07) is 1.22. The minimum atomic E-state index is -0.962. The SMILES string of the molecule is CC(C)(C)OC(=O)N(C(=O)OC(C)(C)C)c1sc(-c2cncc(F)c2)nc1Cl.